The van der Waals surface area contributed by atoms with Crippen molar-refractivity contribution >= 4 is 47.4 Å². The van der Waals surface area contributed by atoms with E-state index in [1.54, 1.807) is 48.9 Å². The van der Waals surface area contributed by atoms with Crippen LogP contribution in [0.15, 0.2) is 66.3 Å². The van der Waals surface area contributed by atoms with E-state index in [1.807, 2.05) is 38.1 Å². The number of aryl methyl sites for hydroxylation is 1. The zero-order chi connectivity index (χ0) is 45.8. The number of carbonyl (C=O) groups is 3. The molecule has 3 aliphatic rings. The zero-order valence-corrected chi connectivity index (χ0v) is 37.2. The molecule has 1 aliphatic carbocycles. The third kappa shape index (κ3) is 12.3. The molecule has 2 amide bonds. The first-order valence-corrected chi connectivity index (χ1v) is 21.6. The quantitative estimate of drug-likeness (QED) is 0.0475. The van der Waals surface area contributed by atoms with Gasteiger partial charge in [-0.3, -0.25) is 24.4 Å². The molecule has 1 atom stereocenters. The monoisotopic (exact) mass is 871 g/mol. The molecule has 0 radical (unpaired) electrons. The van der Waals surface area contributed by atoms with Gasteiger partial charge in [-0.25, -0.2) is 13.3 Å². The number of halogens is 2. The van der Waals surface area contributed by atoms with Crippen LogP contribution in [0.1, 0.15) is 91.0 Å². The third-order valence-corrected chi connectivity index (χ3v) is 12.1. The summed E-state index contributed by atoms with van der Waals surface area (Å²) in [7, 11) is 3.75. The number of carbonyl (C=O) groups excluding carboxylic acids is 3. The number of anilines is 3. The second-order valence-electron chi connectivity index (χ2n) is 17.1. The smallest absolute Gasteiger partial charge is 0.250 e. The number of fused-ring (bicyclic) bond motifs is 1. The highest BCUT2D eigenvalue weighted by atomic mass is 19.1. The number of allylic oxidation sites excluding steroid dienone is 1. The number of aliphatic hydroxyl groups is 1. The van der Waals surface area contributed by atoms with E-state index in [1.165, 1.54) is 18.3 Å². The van der Waals surface area contributed by atoms with Crippen LogP contribution in [0.5, 0.6) is 0 Å². The van der Waals surface area contributed by atoms with Gasteiger partial charge in [-0.1, -0.05) is 6.08 Å². The van der Waals surface area contributed by atoms with Gasteiger partial charge in [-0.2, -0.15) is 5.10 Å². The summed E-state index contributed by atoms with van der Waals surface area (Å²) in [6.07, 6.45) is 11.1. The number of nitrogens with two attached hydrogens (primary N) is 2. The van der Waals surface area contributed by atoms with Crippen LogP contribution in [0.25, 0.3) is 5.52 Å². The largest absolute Gasteiger partial charge is 0.398 e. The van der Waals surface area contributed by atoms with E-state index in [0.717, 1.165) is 76.2 Å². The minimum Gasteiger partial charge on any atom is -0.398 e. The Hall–Kier alpha value is -5.55. The number of nitrogens with zero attached hydrogens (tertiary/aromatic N) is 6. The number of nitrogens with one attached hydrogen (secondary N) is 2. The molecule has 3 fully saturated rings. The summed E-state index contributed by atoms with van der Waals surface area (Å²) >= 11 is 0. The average molecular weight is 871 g/mol. The molecule has 2 saturated heterocycles. The molecule has 7 rings (SSSR count). The van der Waals surface area contributed by atoms with Crippen molar-refractivity contribution in [1.29, 1.82) is 0 Å². The summed E-state index contributed by atoms with van der Waals surface area (Å²) in [6.45, 7) is 14.3. The molecule has 2 aromatic heterocycles. The van der Waals surface area contributed by atoms with Gasteiger partial charge in [-0.15, -0.1) is 6.58 Å². The second-order valence-corrected chi connectivity index (χ2v) is 17.1. The van der Waals surface area contributed by atoms with Crippen molar-refractivity contribution in [3.63, 3.8) is 0 Å². The summed E-state index contributed by atoms with van der Waals surface area (Å²) in [5.74, 6) is -2.59. The molecule has 2 aromatic carbocycles. The van der Waals surface area contributed by atoms with E-state index in [9.17, 15) is 28.3 Å². The number of primary amides is 1. The summed E-state index contributed by atoms with van der Waals surface area (Å²) in [6, 6.07) is 12.8. The molecule has 1 saturated carbocycles. The summed E-state index contributed by atoms with van der Waals surface area (Å²) in [5, 5.41) is 20.0. The molecule has 0 unspecified atom stereocenters. The van der Waals surface area contributed by atoms with Crippen molar-refractivity contribution in [2.75, 3.05) is 69.3 Å². The standard InChI is InChI=1S/C36H48F2N6O3.C9H9N3O.C2H7N/c1-4-5-6-24(22-45)35-31(37)16-28(17-32(35)38)44-20-29(21-44)43-13-11-42(12-14-43)27-9-7-26(8-10-27)40-19-25-15-34(41-23-46)30(18-33(25)39)36(2,3)47;1-6-2-3-8-4-7(9(10)13)5-11-12(6)8;1-3-2/h4,15-19,22-24,26-27,29,47H,1,5-14,20-21,39H2,2-3H3,(H,41,46);2-5H,1H3,(H2,10,13);3H,1-2H3/t24-,26?,27?;;/m0../s1. The lowest BCUT2D eigenvalue weighted by molar-refractivity contribution is -0.109. The maximum atomic E-state index is 14.9. The number of piperazine rings is 1. The Morgan fingerprint density at radius 1 is 1.00 bits per heavy atom. The fourth-order valence-corrected chi connectivity index (χ4v) is 8.51. The molecule has 16 heteroatoms. The van der Waals surface area contributed by atoms with Gasteiger partial charge in [-0.05, 0) is 116 Å². The zero-order valence-electron chi connectivity index (χ0n) is 37.2. The molecule has 4 aromatic rings. The lowest BCUT2D eigenvalue weighted by Crippen LogP contribution is -2.64. The van der Waals surface area contributed by atoms with E-state index in [2.05, 4.69) is 32.1 Å². The Morgan fingerprint density at radius 3 is 2.17 bits per heavy atom. The SMILES string of the molecule is C=CCC[C@@H](C=O)c1c(F)cc(N2CC(N3CCN(C4CCC(N=Cc5cc(NC=O)c(C(C)(C)O)cc5N)CC4)CC3)C2)cc1F.CNC.Cc1ccc2cc(C(N)=O)cnn12. The fraction of sp³-hybridized carbons (Fsp3) is 0.468. The molecule has 340 valence electrons. The van der Waals surface area contributed by atoms with Gasteiger partial charge in [0.05, 0.1) is 28.9 Å². The molecule has 2 aliphatic heterocycles. The van der Waals surface area contributed by atoms with Gasteiger partial charge in [0.2, 0.25) is 12.3 Å². The van der Waals surface area contributed by atoms with Crippen molar-refractivity contribution in [3.8, 4) is 0 Å². The van der Waals surface area contributed by atoms with Crippen LogP contribution in [0, 0.1) is 18.6 Å². The highest BCUT2D eigenvalue weighted by Crippen LogP contribution is 2.34. The Labute approximate surface area is 369 Å². The van der Waals surface area contributed by atoms with Crippen LogP contribution in [0.2, 0.25) is 0 Å². The lowest BCUT2D eigenvalue weighted by Gasteiger charge is -2.50. The molecule has 0 spiro atoms. The van der Waals surface area contributed by atoms with Gasteiger partial charge in [0.1, 0.15) is 17.9 Å². The maximum Gasteiger partial charge on any atom is 0.250 e. The van der Waals surface area contributed by atoms with Gasteiger partial charge >= 0.3 is 0 Å². The first-order chi connectivity index (χ1) is 30.1. The minimum absolute atomic E-state index is 0.149. The van der Waals surface area contributed by atoms with Crippen LogP contribution in [0.4, 0.5) is 25.8 Å². The van der Waals surface area contributed by atoms with Gasteiger partial charge in [0.25, 0.3) is 0 Å². The Kier molecular flexibility index (Phi) is 17.1. The van der Waals surface area contributed by atoms with E-state index in [0.29, 0.717) is 71.4 Å². The number of aldehydes is 1. The molecule has 7 N–H and O–H groups in total. The number of hydrogen-bond donors (Lipinski definition) is 5. The van der Waals surface area contributed by atoms with Crippen LogP contribution < -0.4 is 27.0 Å². The first-order valence-electron chi connectivity index (χ1n) is 21.6. The van der Waals surface area contributed by atoms with Crippen LogP contribution >= 0.6 is 0 Å². The number of rotatable bonds is 14. The molecular formula is C47H64F2N10O4. The number of benzene rings is 2. The predicted molar refractivity (Wildman–Crippen MR) is 247 cm³/mol. The Morgan fingerprint density at radius 2 is 1.62 bits per heavy atom. The van der Waals surface area contributed by atoms with Crippen LogP contribution in [-0.4, -0.2) is 121 Å². The van der Waals surface area contributed by atoms with Crippen molar-refractivity contribution in [2.45, 2.75) is 88.9 Å². The Bertz CT molecular complexity index is 2200. The van der Waals surface area contributed by atoms with Gasteiger partial charge < -0.3 is 36.9 Å². The van der Waals surface area contributed by atoms with Crippen molar-refractivity contribution < 1.29 is 28.3 Å². The van der Waals surface area contributed by atoms with E-state index in [4.69, 9.17) is 16.5 Å². The fourth-order valence-electron chi connectivity index (χ4n) is 8.51. The van der Waals surface area contributed by atoms with Crippen molar-refractivity contribution in [1.82, 2.24) is 24.7 Å². The summed E-state index contributed by atoms with van der Waals surface area (Å²) in [4.78, 5) is 45.4. The molecule has 4 heterocycles. The van der Waals surface area contributed by atoms with E-state index in [-0.39, 0.29) is 11.6 Å². The molecule has 63 heavy (non-hydrogen) atoms. The van der Waals surface area contributed by atoms with Gasteiger partial charge in [0, 0.05) is 103 Å². The number of nitrogen functional groups attached to an aromatic ring is 1. The average Bonchev–Trinajstić information content (AvgIpc) is 3.61. The first kappa shape index (κ1) is 48.5. The van der Waals surface area contributed by atoms with Crippen LogP contribution in [0.3, 0.4) is 0 Å². The molecule has 0 bridgehead atoms. The maximum absolute atomic E-state index is 14.9. The number of hydrogen-bond acceptors (Lipinski definition) is 11. The number of amides is 2. The second kappa shape index (κ2) is 22.2. The number of aliphatic imine (C=N–C) groups is 1. The normalized spacial score (nSPS) is 19.0. The Balaban J connectivity index is 0.000000391. The topological polar surface area (TPSA) is 187 Å². The lowest BCUT2D eigenvalue weighted by atomic mass is 9.90. The number of aromatic nitrogens is 2. The predicted octanol–water partition coefficient (Wildman–Crippen LogP) is 5.41. The minimum atomic E-state index is -1.15. The van der Waals surface area contributed by atoms with Crippen molar-refractivity contribution in [2.24, 2.45) is 10.7 Å². The highest BCUT2D eigenvalue weighted by molar-refractivity contribution is 5.93. The van der Waals surface area contributed by atoms with Crippen molar-refractivity contribution in [3.05, 3.63) is 101 Å². The third-order valence-electron chi connectivity index (χ3n) is 12.1. The summed E-state index contributed by atoms with van der Waals surface area (Å²) < 4.78 is 31.6. The molecule has 14 nitrogen and oxygen atoms in total. The molecular weight excluding hydrogens is 807 g/mol. The van der Waals surface area contributed by atoms with Crippen LogP contribution in [-0.2, 0) is 15.2 Å². The van der Waals surface area contributed by atoms with E-state index < -0.39 is 29.1 Å². The van der Waals surface area contributed by atoms with E-state index >= 15 is 0 Å². The summed E-state index contributed by atoms with van der Waals surface area (Å²) in [5.41, 5.74) is 15.3. The van der Waals surface area contributed by atoms with Gasteiger partial charge in [0.15, 0.2) is 0 Å². The highest BCUT2D eigenvalue weighted by Gasteiger charge is 2.36.